The second kappa shape index (κ2) is 7.40. The number of hydrogen-bond donors (Lipinski definition) is 2. The first kappa shape index (κ1) is 15.0. The van der Waals surface area contributed by atoms with Crippen molar-refractivity contribution in [2.75, 3.05) is 13.2 Å². The fourth-order valence-electron chi connectivity index (χ4n) is 2.49. The highest BCUT2D eigenvalue weighted by atomic mass is 16.5. The van der Waals surface area contributed by atoms with Gasteiger partial charge in [-0.2, -0.15) is 5.10 Å². The van der Waals surface area contributed by atoms with Gasteiger partial charge in [0.15, 0.2) is 0 Å². The number of carbonyl (C=O) groups is 1. The number of nitrogens with two attached hydrogens (primary N) is 1. The van der Waals surface area contributed by atoms with Gasteiger partial charge in [0.05, 0.1) is 18.9 Å². The molecule has 1 fully saturated rings. The van der Waals surface area contributed by atoms with Crippen LogP contribution in [0.4, 0.5) is 0 Å². The molecule has 1 unspecified atom stereocenters. The molecule has 0 saturated heterocycles. The lowest BCUT2D eigenvalue weighted by molar-refractivity contribution is -0.122. The summed E-state index contributed by atoms with van der Waals surface area (Å²) in [5, 5.41) is 6.81. The number of amides is 1. The van der Waals surface area contributed by atoms with Gasteiger partial charge in [-0.25, -0.2) is 0 Å². The summed E-state index contributed by atoms with van der Waals surface area (Å²) in [6.07, 6.45) is 9.84. The summed E-state index contributed by atoms with van der Waals surface area (Å²) in [4.78, 5) is 11.9. The van der Waals surface area contributed by atoms with Crippen LogP contribution in [0.5, 0.6) is 0 Å². The van der Waals surface area contributed by atoms with Crippen LogP contribution in [0.2, 0.25) is 0 Å². The summed E-state index contributed by atoms with van der Waals surface area (Å²) < 4.78 is 7.38. The van der Waals surface area contributed by atoms with Gasteiger partial charge in [-0.05, 0) is 12.8 Å². The van der Waals surface area contributed by atoms with E-state index in [0.717, 1.165) is 18.4 Å². The highest BCUT2D eigenvalue weighted by Crippen LogP contribution is 2.19. The Labute approximate surface area is 119 Å². The summed E-state index contributed by atoms with van der Waals surface area (Å²) in [6, 6.07) is -0.668. The first-order valence-corrected chi connectivity index (χ1v) is 7.30. The maximum absolute atomic E-state index is 11.9. The summed E-state index contributed by atoms with van der Waals surface area (Å²) in [5.41, 5.74) is 6.59. The van der Waals surface area contributed by atoms with Crippen LogP contribution in [0, 0.1) is 0 Å². The predicted octanol–water partition coefficient (Wildman–Crippen LogP) is 0.885. The number of carbonyl (C=O) groups excluding carboxylic acids is 1. The number of ether oxygens (including phenoxy) is 1. The smallest absolute Gasteiger partial charge is 0.241 e. The van der Waals surface area contributed by atoms with Crippen molar-refractivity contribution in [3.05, 3.63) is 18.0 Å². The van der Waals surface area contributed by atoms with Crippen molar-refractivity contribution in [1.29, 1.82) is 0 Å². The zero-order valence-electron chi connectivity index (χ0n) is 12.0. The molecule has 0 radical (unpaired) electrons. The maximum atomic E-state index is 11.9. The predicted molar refractivity (Wildman–Crippen MR) is 76.0 cm³/mol. The maximum Gasteiger partial charge on any atom is 0.241 e. The molecule has 1 amide bonds. The molecule has 1 aliphatic carbocycles. The molecular formula is C14H24N4O2. The third kappa shape index (κ3) is 4.31. The summed E-state index contributed by atoms with van der Waals surface area (Å²) >= 11 is 0. The van der Waals surface area contributed by atoms with E-state index in [1.165, 1.54) is 19.3 Å². The van der Waals surface area contributed by atoms with Crippen molar-refractivity contribution in [2.24, 2.45) is 12.8 Å². The van der Waals surface area contributed by atoms with Crippen LogP contribution in [0.25, 0.3) is 0 Å². The van der Waals surface area contributed by atoms with Crippen molar-refractivity contribution < 1.29 is 9.53 Å². The summed E-state index contributed by atoms with van der Waals surface area (Å²) in [7, 11) is 1.80. The van der Waals surface area contributed by atoms with Gasteiger partial charge in [-0.15, -0.1) is 0 Å². The van der Waals surface area contributed by atoms with E-state index in [9.17, 15) is 4.79 Å². The van der Waals surface area contributed by atoms with Crippen molar-refractivity contribution in [3.8, 4) is 0 Å². The van der Waals surface area contributed by atoms with Gasteiger partial charge in [0.1, 0.15) is 6.04 Å². The van der Waals surface area contributed by atoms with Gasteiger partial charge in [0.2, 0.25) is 5.91 Å². The molecule has 1 aromatic rings. The zero-order valence-corrected chi connectivity index (χ0v) is 12.0. The average Bonchev–Trinajstić information content (AvgIpc) is 2.90. The third-order valence-electron chi connectivity index (χ3n) is 3.67. The summed E-state index contributed by atoms with van der Waals surface area (Å²) in [5.74, 6) is -0.190. The Morgan fingerprint density at radius 1 is 1.55 bits per heavy atom. The molecule has 3 N–H and O–H groups in total. The van der Waals surface area contributed by atoms with Crippen LogP contribution in [0.15, 0.2) is 12.4 Å². The molecule has 1 heterocycles. The van der Waals surface area contributed by atoms with Crippen molar-refractivity contribution in [3.63, 3.8) is 0 Å². The first-order valence-electron chi connectivity index (χ1n) is 7.30. The van der Waals surface area contributed by atoms with Crippen LogP contribution >= 0.6 is 0 Å². The minimum Gasteiger partial charge on any atom is -0.376 e. The Morgan fingerprint density at radius 2 is 2.30 bits per heavy atom. The molecule has 20 heavy (non-hydrogen) atoms. The molecule has 6 heteroatoms. The normalized spacial score (nSPS) is 17.9. The molecule has 2 rings (SSSR count). The molecule has 1 atom stereocenters. The SMILES string of the molecule is Cn1cc(C(N)C(=O)NCCOC2CCCCC2)cn1. The molecule has 1 aromatic heterocycles. The average molecular weight is 280 g/mol. The van der Waals surface area contributed by atoms with Crippen molar-refractivity contribution in [1.82, 2.24) is 15.1 Å². The van der Waals surface area contributed by atoms with Gasteiger partial charge in [0, 0.05) is 25.4 Å². The molecule has 6 nitrogen and oxygen atoms in total. The Bertz CT molecular complexity index is 427. The van der Waals surface area contributed by atoms with Crippen molar-refractivity contribution >= 4 is 5.91 Å². The van der Waals surface area contributed by atoms with Gasteiger partial charge in [-0.3, -0.25) is 9.48 Å². The zero-order chi connectivity index (χ0) is 14.4. The lowest BCUT2D eigenvalue weighted by Gasteiger charge is -2.22. The van der Waals surface area contributed by atoms with Crippen LogP contribution in [0.3, 0.4) is 0 Å². The molecule has 0 aliphatic heterocycles. The number of hydrogen-bond acceptors (Lipinski definition) is 4. The van der Waals surface area contributed by atoms with E-state index in [2.05, 4.69) is 10.4 Å². The molecule has 1 saturated carbocycles. The lowest BCUT2D eigenvalue weighted by Crippen LogP contribution is -2.36. The Balaban J connectivity index is 1.64. The van der Waals surface area contributed by atoms with E-state index in [0.29, 0.717) is 19.3 Å². The summed E-state index contributed by atoms with van der Waals surface area (Å²) in [6.45, 7) is 1.06. The van der Waals surface area contributed by atoms with Crippen LogP contribution < -0.4 is 11.1 Å². The monoisotopic (exact) mass is 280 g/mol. The van der Waals surface area contributed by atoms with E-state index < -0.39 is 6.04 Å². The third-order valence-corrected chi connectivity index (χ3v) is 3.67. The Kier molecular flexibility index (Phi) is 5.55. The minimum absolute atomic E-state index is 0.190. The molecular weight excluding hydrogens is 256 g/mol. The Morgan fingerprint density at radius 3 is 2.95 bits per heavy atom. The number of aryl methyl sites for hydroxylation is 1. The molecule has 1 aliphatic rings. The van der Waals surface area contributed by atoms with Gasteiger partial charge < -0.3 is 15.8 Å². The van der Waals surface area contributed by atoms with Gasteiger partial charge >= 0.3 is 0 Å². The van der Waals surface area contributed by atoms with E-state index in [4.69, 9.17) is 10.5 Å². The highest BCUT2D eigenvalue weighted by Gasteiger charge is 2.17. The molecule has 0 spiro atoms. The van der Waals surface area contributed by atoms with E-state index in [1.54, 1.807) is 24.1 Å². The molecule has 112 valence electrons. The largest absolute Gasteiger partial charge is 0.376 e. The van der Waals surface area contributed by atoms with Gasteiger partial charge in [-0.1, -0.05) is 19.3 Å². The lowest BCUT2D eigenvalue weighted by atomic mass is 9.98. The van der Waals surface area contributed by atoms with Gasteiger partial charge in [0.25, 0.3) is 0 Å². The van der Waals surface area contributed by atoms with Crippen LogP contribution in [-0.2, 0) is 16.6 Å². The second-order valence-electron chi connectivity index (χ2n) is 5.35. The standard InChI is InChI=1S/C14H24N4O2/c1-18-10-11(9-17-18)13(15)14(19)16-7-8-20-12-5-3-2-4-6-12/h9-10,12-13H,2-8,15H2,1H3,(H,16,19). The van der Waals surface area contributed by atoms with E-state index in [1.807, 2.05) is 0 Å². The second-order valence-corrected chi connectivity index (χ2v) is 5.35. The van der Waals surface area contributed by atoms with Crippen molar-refractivity contribution in [2.45, 2.75) is 44.2 Å². The number of rotatable bonds is 6. The number of aromatic nitrogens is 2. The molecule has 0 aromatic carbocycles. The van der Waals surface area contributed by atoms with E-state index in [-0.39, 0.29) is 5.91 Å². The van der Waals surface area contributed by atoms with Crippen LogP contribution in [-0.4, -0.2) is 34.9 Å². The van der Waals surface area contributed by atoms with E-state index >= 15 is 0 Å². The first-order chi connectivity index (χ1) is 9.66. The Hall–Kier alpha value is -1.40. The fourth-order valence-corrected chi connectivity index (χ4v) is 2.49. The number of nitrogens with one attached hydrogen (secondary N) is 1. The fraction of sp³-hybridized carbons (Fsp3) is 0.714. The van der Waals surface area contributed by atoms with Crippen LogP contribution in [0.1, 0.15) is 43.7 Å². The molecule has 0 bridgehead atoms. The quantitative estimate of drug-likeness (QED) is 0.758. The minimum atomic E-state index is -0.668. The highest BCUT2D eigenvalue weighted by molar-refractivity contribution is 5.82. The number of nitrogens with zero attached hydrogens (tertiary/aromatic N) is 2. The topological polar surface area (TPSA) is 82.2 Å².